The van der Waals surface area contributed by atoms with E-state index in [9.17, 15) is 0 Å². The highest BCUT2D eigenvalue weighted by molar-refractivity contribution is 5.85. The van der Waals surface area contributed by atoms with Crippen LogP contribution in [-0.4, -0.2) is 34.6 Å². The molecule has 0 aliphatic carbocycles. The maximum Gasteiger partial charge on any atom is 0.212 e. The van der Waals surface area contributed by atoms with Gasteiger partial charge in [-0.25, -0.2) is 15.4 Å². The van der Waals surface area contributed by atoms with Gasteiger partial charge in [0.25, 0.3) is 0 Å². The van der Waals surface area contributed by atoms with E-state index in [1.807, 2.05) is 47.1 Å². The number of guanidine groups is 1. The fraction of sp³-hybridized carbons (Fsp3) is 0.118. The predicted molar refractivity (Wildman–Crippen MR) is 91.7 cm³/mol. The van der Waals surface area contributed by atoms with Crippen LogP contribution in [0.2, 0.25) is 0 Å². The van der Waals surface area contributed by atoms with Crippen molar-refractivity contribution in [3.8, 4) is 11.3 Å². The van der Waals surface area contributed by atoms with Crippen LogP contribution in [0.3, 0.4) is 0 Å². The number of hydrogen-bond donors (Lipinski definition) is 2. The van der Waals surface area contributed by atoms with Crippen molar-refractivity contribution < 1.29 is 0 Å². The van der Waals surface area contributed by atoms with Crippen molar-refractivity contribution >= 4 is 17.8 Å². The molecular formula is C17H16N6. The molecule has 1 aliphatic heterocycles. The van der Waals surface area contributed by atoms with Crippen molar-refractivity contribution in [2.75, 3.05) is 13.1 Å². The Kier molecular flexibility index (Phi) is 3.48. The van der Waals surface area contributed by atoms with Crippen LogP contribution in [0, 0.1) is 0 Å². The number of rotatable bonds is 3. The second kappa shape index (κ2) is 5.92. The number of aromatic nitrogens is 2. The van der Waals surface area contributed by atoms with Gasteiger partial charge in [0.05, 0.1) is 18.5 Å². The van der Waals surface area contributed by atoms with E-state index in [1.54, 1.807) is 6.21 Å². The molecule has 0 saturated carbocycles. The first-order chi connectivity index (χ1) is 11.4. The van der Waals surface area contributed by atoms with Crippen LogP contribution in [0.1, 0.15) is 5.56 Å². The van der Waals surface area contributed by atoms with Gasteiger partial charge in [0.2, 0.25) is 5.96 Å². The Labute approximate surface area is 133 Å². The third-order valence-electron chi connectivity index (χ3n) is 3.63. The van der Waals surface area contributed by atoms with Gasteiger partial charge in [-0.1, -0.05) is 30.3 Å². The Bertz CT molecular complexity index is 842. The normalized spacial score (nSPS) is 14.2. The molecule has 1 aliphatic rings. The van der Waals surface area contributed by atoms with Crippen LogP contribution >= 0.6 is 0 Å². The Morgan fingerprint density at radius 1 is 1.17 bits per heavy atom. The highest BCUT2D eigenvalue weighted by atomic mass is 15.4. The van der Waals surface area contributed by atoms with Crippen molar-refractivity contribution in [3.63, 3.8) is 0 Å². The van der Waals surface area contributed by atoms with Crippen molar-refractivity contribution in [1.82, 2.24) is 20.1 Å². The number of imidazole rings is 1. The van der Waals surface area contributed by atoms with Gasteiger partial charge in [-0.2, -0.15) is 5.10 Å². The molecule has 2 aromatic heterocycles. The Morgan fingerprint density at radius 2 is 2.09 bits per heavy atom. The highest BCUT2D eigenvalue weighted by Crippen LogP contribution is 2.19. The van der Waals surface area contributed by atoms with Gasteiger partial charge in [-0.3, -0.25) is 0 Å². The fourth-order valence-electron chi connectivity index (χ4n) is 2.45. The molecular weight excluding hydrogens is 288 g/mol. The lowest BCUT2D eigenvalue weighted by Crippen LogP contribution is -2.30. The maximum atomic E-state index is 4.62. The minimum Gasteiger partial charge on any atom is -0.353 e. The summed E-state index contributed by atoms with van der Waals surface area (Å²) in [5, 5.41) is 7.27. The first kappa shape index (κ1) is 13.5. The summed E-state index contributed by atoms with van der Waals surface area (Å²) in [6.45, 7) is 1.66. The Balaban J connectivity index is 1.49. The molecule has 3 aromatic rings. The maximum absolute atomic E-state index is 4.62. The largest absolute Gasteiger partial charge is 0.353 e. The minimum absolute atomic E-state index is 0.725. The Morgan fingerprint density at radius 3 is 2.87 bits per heavy atom. The number of fused-ring (bicyclic) bond motifs is 1. The SMILES string of the molecule is C(=N\NC1=NCCN1)/c1ccc(-c2cn3ccccc3n2)cc1. The van der Waals surface area contributed by atoms with E-state index < -0.39 is 0 Å². The standard InChI is InChI=1S/C17H16N6/c1-2-10-23-12-15(21-16(23)3-1)14-6-4-13(5-7-14)11-20-22-17-18-8-9-19-17/h1-7,10-12H,8-9H2,(H2,18,19,22)/b20-11+. The van der Waals surface area contributed by atoms with E-state index in [0.717, 1.165) is 41.5 Å². The van der Waals surface area contributed by atoms with Crippen LogP contribution in [0.25, 0.3) is 16.9 Å². The molecule has 0 spiro atoms. The summed E-state index contributed by atoms with van der Waals surface area (Å²) < 4.78 is 2.02. The van der Waals surface area contributed by atoms with Gasteiger partial charge in [0.15, 0.2) is 0 Å². The van der Waals surface area contributed by atoms with Crippen LogP contribution < -0.4 is 10.7 Å². The lowest BCUT2D eigenvalue weighted by molar-refractivity contribution is 0.920. The quantitative estimate of drug-likeness (QED) is 0.573. The second-order valence-corrected chi connectivity index (χ2v) is 5.24. The number of nitrogens with zero attached hydrogens (tertiary/aromatic N) is 4. The van der Waals surface area contributed by atoms with E-state index in [0.29, 0.717) is 0 Å². The summed E-state index contributed by atoms with van der Waals surface area (Å²) in [5.74, 6) is 0.725. The van der Waals surface area contributed by atoms with Gasteiger partial charge in [0.1, 0.15) is 5.65 Å². The molecule has 114 valence electrons. The van der Waals surface area contributed by atoms with Gasteiger partial charge in [-0.05, 0) is 17.7 Å². The molecule has 0 saturated heterocycles. The van der Waals surface area contributed by atoms with E-state index in [-0.39, 0.29) is 0 Å². The molecule has 2 N–H and O–H groups in total. The zero-order valence-electron chi connectivity index (χ0n) is 12.5. The predicted octanol–water partition coefficient (Wildman–Crippen LogP) is 1.88. The zero-order chi connectivity index (χ0) is 15.5. The number of nitrogens with one attached hydrogen (secondary N) is 2. The molecule has 0 amide bonds. The third-order valence-corrected chi connectivity index (χ3v) is 3.63. The molecule has 6 heteroatoms. The summed E-state index contributed by atoms with van der Waals surface area (Å²) in [6, 6.07) is 14.1. The van der Waals surface area contributed by atoms with E-state index in [2.05, 4.69) is 38.0 Å². The smallest absolute Gasteiger partial charge is 0.212 e. The number of hydrogen-bond acceptors (Lipinski definition) is 5. The van der Waals surface area contributed by atoms with Gasteiger partial charge in [0, 0.05) is 24.5 Å². The molecule has 1 aromatic carbocycles. The molecule has 0 radical (unpaired) electrons. The van der Waals surface area contributed by atoms with Gasteiger partial charge in [-0.15, -0.1) is 0 Å². The Hall–Kier alpha value is -3.15. The first-order valence-corrected chi connectivity index (χ1v) is 7.50. The van der Waals surface area contributed by atoms with E-state index in [4.69, 9.17) is 0 Å². The number of aliphatic imine (C=N–C) groups is 1. The topological polar surface area (TPSA) is 66.1 Å². The van der Waals surface area contributed by atoms with Crippen molar-refractivity contribution in [2.45, 2.75) is 0 Å². The van der Waals surface area contributed by atoms with Crippen molar-refractivity contribution in [1.29, 1.82) is 0 Å². The molecule has 6 nitrogen and oxygen atoms in total. The second-order valence-electron chi connectivity index (χ2n) is 5.24. The van der Waals surface area contributed by atoms with Crippen LogP contribution in [0.5, 0.6) is 0 Å². The van der Waals surface area contributed by atoms with Crippen LogP contribution in [0.4, 0.5) is 0 Å². The van der Waals surface area contributed by atoms with E-state index in [1.165, 1.54) is 0 Å². The van der Waals surface area contributed by atoms with Crippen LogP contribution in [-0.2, 0) is 0 Å². The molecule has 4 rings (SSSR count). The summed E-state index contributed by atoms with van der Waals surface area (Å²) in [5.41, 5.74) is 6.89. The van der Waals surface area contributed by atoms with Crippen molar-refractivity contribution in [2.24, 2.45) is 10.1 Å². The first-order valence-electron chi connectivity index (χ1n) is 7.50. The van der Waals surface area contributed by atoms with Gasteiger partial charge >= 0.3 is 0 Å². The number of pyridine rings is 1. The van der Waals surface area contributed by atoms with Gasteiger partial charge < -0.3 is 9.72 Å². The average molecular weight is 304 g/mol. The molecule has 0 atom stereocenters. The average Bonchev–Trinajstić information content (AvgIpc) is 3.24. The number of hydrazone groups is 1. The fourth-order valence-corrected chi connectivity index (χ4v) is 2.45. The summed E-state index contributed by atoms with van der Waals surface area (Å²) >= 11 is 0. The molecule has 0 unspecified atom stereocenters. The van der Waals surface area contributed by atoms with E-state index >= 15 is 0 Å². The van der Waals surface area contributed by atoms with Crippen molar-refractivity contribution in [3.05, 3.63) is 60.4 Å². The summed E-state index contributed by atoms with van der Waals surface area (Å²) in [6.07, 6.45) is 5.80. The number of benzene rings is 1. The lowest BCUT2D eigenvalue weighted by atomic mass is 10.1. The summed E-state index contributed by atoms with van der Waals surface area (Å²) in [7, 11) is 0. The molecule has 23 heavy (non-hydrogen) atoms. The zero-order valence-corrected chi connectivity index (χ0v) is 12.5. The monoisotopic (exact) mass is 304 g/mol. The summed E-state index contributed by atoms with van der Waals surface area (Å²) in [4.78, 5) is 8.83. The third kappa shape index (κ3) is 2.91. The highest BCUT2D eigenvalue weighted by Gasteiger charge is 2.04. The molecule has 3 heterocycles. The molecule has 0 bridgehead atoms. The van der Waals surface area contributed by atoms with Crippen LogP contribution in [0.15, 0.2) is 65.0 Å². The minimum atomic E-state index is 0.725. The lowest BCUT2D eigenvalue weighted by Gasteiger charge is -2.00. The molecule has 0 fully saturated rings.